The zero-order chi connectivity index (χ0) is 27.4. The second-order valence-electron chi connectivity index (χ2n) is 8.77. The molecule has 0 radical (unpaired) electrons. The Morgan fingerprint density at radius 1 is 1.21 bits per heavy atom. The third-order valence-corrected chi connectivity index (χ3v) is 6.15. The fourth-order valence-electron chi connectivity index (χ4n) is 4.28. The molecule has 1 aromatic carbocycles. The molecule has 4 rings (SSSR count). The van der Waals surface area contributed by atoms with Crippen LogP contribution >= 0.6 is 11.6 Å². The third-order valence-electron chi connectivity index (χ3n) is 5.98. The van der Waals surface area contributed by atoms with Gasteiger partial charge in [0.2, 0.25) is 0 Å². The minimum atomic E-state index is -0.391. The van der Waals surface area contributed by atoms with Gasteiger partial charge in [-0.3, -0.25) is 14.8 Å². The van der Waals surface area contributed by atoms with Gasteiger partial charge < -0.3 is 15.0 Å². The van der Waals surface area contributed by atoms with Crippen LogP contribution in [0.4, 0.5) is 5.69 Å². The molecule has 0 aliphatic carbocycles. The SMILES string of the molecule is CC=N/C(=C(\C)Cl)c1cc(C)nc2c(OCc3c(N)cc(C)nc3Cn3cccc(C#N)c3=O)cccc12. The van der Waals surface area contributed by atoms with Crippen LogP contribution in [0.5, 0.6) is 5.75 Å². The van der Waals surface area contributed by atoms with Crippen LogP contribution in [0.3, 0.4) is 0 Å². The number of ether oxygens (including phenoxy) is 1. The van der Waals surface area contributed by atoms with Gasteiger partial charge in [0.1, 0.15) is 29.5 Å². The number of aromatic nitrogens is 3. The van der Waals surface area contributed by atoms with Crippen LogP contribution in [0.15, 0.2) is 63.5 Å². The van der Waals surface area contributed by atoms with Gasteiger partial charge in [0, 0.05) is 51.0 Å². The van der Waals surface area contributed by atoms with Gasteiger partial charge in [0.25, 0.3) is 5.56 Å². The Balaban J connectivity index is 1.76. The number of nitrogens with two attached hydrogens (primary N) is 1. The van der Waals surface area contributed by atoms with Crippen LogP contribution in [-0.2, 0) is 13.2 Å². The van der Waals surface area contributed by atoms with Crippen LogP contribution in [0, 0.1) is 25.2 Å². The number of anilines is 1. The summed E-state index contributed by atoms with van der Waals surface area (Å²) in [6.07, 6.45) is 3.32. The van der Waals surface area contributed by atoms with Crippen LogP contribution in [0.1, 0.15) is 47.6 Å². The molecule has 0 aliphatic rings. The summed E-state index contributed by atoms with van der Waals surface area (Å²) in [6.45, 7) is 7.64. The number of hydrogen-bond donors (Lipinski definition) is 1. The molecule has 4 aromatic rings. The number of nitrogens with zero attached hydrogens (tertiary/aromatic N) is 5. The highest BCUT2D eigenvalue weighted by Gasteiger charge is 2.16. The Labute approximate surface area is 225 Å². The Kier molecular flexibility index (Phi) is 7.89. The molecular formula is C29H27ClN6O2. The van der Waals surface area contributed by atoms with Crippen molar-refractivity contribution in [1.82, 2.24) is 14.5 Å². The van der Waals surface area contributed by atoms with Crippen LogP contribution in [-0.4, -0.2) is 20.7 Å². The maximum absolute atomic E-state index is 12.6. The van der Waals surface area contributed by atoms with Gasteiger partial charge in [0.15, 0.2) is 0 Å². The second-order valence-corrected chi connectivity index (χ2v) is 9.33. The molecule has 3 heterocycles. The molecule has 0 bridgehead atoms. The van der Waals surface area contributed by atoms with Crippen molar-refractivity contribution in [1.29, 1.82) is 5.26 Å². The maximum atomic E-state index is 12.6. The minimum absolute atomic E-state index is 0.0620. The van der Waals surface area contributed by atoms with Crippen molar-refractivity contribution >= 4 is 40.1 Å². The number of nitriles is 1. The maximum Gasteiger partial charge on any atom is 0.268 e. The van der Waals surface area contributed by atoms with E-state index >= 15 is 0 Å². The summed E-state index contributed by atoms with van der Waals surface area (Å²) in [5.74, 6) is 0.564. The summed E-state index contributed by atoms with van der Waals surface area (Å²) in [5, 5.41) is 10.7. The molecule has 2 N–H and O–H groups in total. The molecule has 0 aliphatic heterocycles. The van der Waals surface area contributed by atoms with E-state index < -0.39 is 5.56 Å². The lowest BCUT2D eigenvalue weighted by molar-refractivity contribution is 0.308. The van der Waals surface area contributed by atoms with E-state index in [-0.39, 0.29) is 18.7 Å². The number of rotatable bonds is 7. The monoisotopic (exact) mass is 526 g/mol. The lowest BCUT2D eigenvalue weighted by Gasteiger charge is -2.17. The highest BCUT2D eigenvalue weighted by atomic mass is 35.5. The third kappa shape index (κ3) is 5.43. The number of aliphatic imine (C=N–C) groups is 1. The van der Waals surface area contributed by atoms with Gasteiger partial charge >= 0.3 is 0 Å². The molecule has 0 spiro atoms. The first kappa shape index (κ1) is 26.6. The standard InChI is InChI=1S/C29H27ClN6O2/c1-5-33-27(19(4)30)22-12-17(2)35-28-21(22)9-6-10-26(28)38-16-23-24(32)13-18(3)34-25(23)15-36-11-7-8-20(14-31)29(36)37/h5-13H,15-16H2,1-4H3,(H2,32,34)/b27-19+,33-5?. The summed E-state index contributed by atoms with van der Waals surface area (Å²) in [6, 6.07) is 14.5. The summed E-state index contributed by atoms with van der Waals surface area (Å²) in [7, 11) is 0. The number of nitrogen functional groups attached to an aromatic ring is 1. The molecule has 0 saturated heterocycles. The van der Waals surface area contributed by atoms with E-state index in [4.69, 9.17) is 27.1 Å². The topological polar surface area (TPSA) is 119 Å². The molecule has 3 aromatic heterocycles. The van der Waals surface area contributed by atoms with Crippen molar-refractivity contribution in [2.24, 2.45) is 4.99 Å². The smallest absolute Gasteiger partial charge is 0.268 e. The highest BCUT2D eigenvalue weighted by Crippen LogP contribution is 2.34. The van der Waals surface area contributed by atoms with E-state index in [1.165, 1.54) is 10.6 Å². The van der Waals surface area contributed by atoms with Crippen LogP contribution in [0.25, 0.3) is 16.6 Å². The normalized spacial score (nSPS) is 12.0. The molecule has 9 heteroatoms. The van der Waals surface area contributed by atoms with Gasteiger partial charge in [-0.25, -0.2) is 4.98 Å². The van der Waals surface area contributed by atoms with Crippen LogP contribution < -0.4 is 16.0 Å². The van der Waals surface area contributed by atoms with E-state index in [9.17, 15) is 10.1 Å². The lowest BCUT2D eigenvalue weighted by atomic mass is 10.0. The molecule has 0 amide bonds. The molecule has 0 saturated carbocycles. The Hall–Kier alpha value is -4.48. The number of hydrogen-bond acceptors (Lipinski definition) is 7. The fraction of sp³-hybridized carbons (Fsp3) is 0.207. The average Bonchev–Trinajstić information content (AvgIpc) is 2.87. The zero-order valence-electron chi connectivity index (χ0n) is 21.6. The molecule has 0 unspecified atom stereocenters. The van der Waals surface area contributed by atoms with Crippen LogP contribution in [0.2, 0.25) is 0 Å². The van der Waals surface area contributed by atoms with Crippen molar-refractivity contribution in [3.8, 4) is 11.8 Å². The first-order valence-corrected chi connectivity index (χ1v) is 12.3. The number of fused-ring (bicyclic) bond motifs is 1. The van der Waals surface area contributed by atoms with E-state index in [1.807, 2.05) is 51.1 Å². The van der Waals surface area contributed by atoms with Gasteiger partial charge in [-0.15, -0.1) is 0 Å². The number of halogens is 1. The molecule has 8 nitrogen and oxygen atoms in total. The number of allylic oxidation sites excluding steroid dienone is 1. The van der Waals surface area contributed by atoms with E-state index in [1.54, 1.807) is 31.5 Å². The minimum Gasteiger partial charge on any atom is -0.486 e. The summed E-state index contributed by atoms with van der Waals surface area (Å²) in [4.78, 5) is 26.5. The summed E-state index contributed by atoms with van der Waals surface area (Å²) < 4.78 is 7.72. The first-order chi connectivity index (χ1) is 18.2. The van der Waals surface area contributed by atoms with Crippen molar-refractivity contribution in [3.05, 3.63) is 97.8 Å². The average molecular weight is 527 g/mol. The number of para-hydroxylation sites is 1. The number of pyridine rings is 3. The molecule has 0 fully saturated rings. The second kappa shape index (κ2) is 11.3. The van der Waals surface area contributed by atoms with E-state index in [0.717, 1.165) is 16.6 Å². The van der Waals surface area contributed by atoms with Crippen molar-refractivity contribution in [2.45, 2.75) is 40.8 Å². The van der Waals surface area contributed by atoms with Gasteiger partial charge in [-0.2, -0.15) is 5.26 Å². The largest absolute Gasteiger partial charge is 0.486 e. The Bertz CT molecular complexity index is 1690. The van der Waals surface area contributed by atoms with Crippen molar-refractivity contribution < 1.29 is 4.74 Å². The summed E-state index contributed by atoms with van der Waals surface area (Å²) >= 11 is 6.39. The molecular weight excluding hydrogens is 500 g/mol. The van der Waals surface area contributed by atoms with E-state index in [2.05, 4.69) is 9.98 Å². The molecule has 0 atom stereocenters. The Morgan fingerprint density at radius 3 is 2.68 bits per heavy atom. The quantitative estimate of drug-likeness (QED) is 0.317. The van der Waals surface area contributed by atoms with Crippen molar-refractivity contribution in [3.63, 3.8) is 0 Å². The molecule has 192 valence electrons. The predicted octanol–water partition coefficient (Wildman–Crippen LogP) is 5.51. The fourth-order valence-corrected chi connectivity index (χ4v) is 4.43. The first-order valence-electron chi connectivity index (χ1n) is 12.0. The number of aryl methyl sites for hydroxylation is 2. The number of benzene rings is 1. The van der Waals surface area contributed by atoms with Gasteiger partial charge in [0.05, 0.1) is 17.9 Å². The van der Waals surface area contributed by atoms with Gasteiger partial charge in [-0.05, 0) is 58.0 Å². The highest BCUT2D eigenvalue weighted by molar-refractivity contribution is 6.32. The van der Waals surface area contributed by atoms with E-state index in [0.29, 0.717) is 44.6 Å². The zero-order valence-corrected chi connectivity index (χ0v) is 22.4. The van der Waals surface area contributed by atoms with Crippen molar-refractivity contribution in [2.75, 3.05) is 5.73 Å². The predicted molar refractivity (Wildman–Crippen MR) is 151 cm³/mol. The Morgan fingerprint density at radius 2 is 1.97 bits per heavy atom. The summed E-state index contributed by atoms with van der Waals surface area (Å²) in [5.41, 5.74) is 11.5. The molecule has 38 heavy (non-hydrogen) atoms. The lowest BCUT2D eigenvalue weighted by Crippen LogP contribution is -2.23. The van der Waals surface area contributed by atoms with Gasteiger partial charge in [-0.1, -0.05) is 23.7 Å².